The summed E-state index contributed by atoms with van der Waals surface area (Å²) in [5, 5.41) is 19.6. The molecule has 1 N–H and O–H groups in total. The second-order valence-electron chi connectivity index (χ2n) is 5.90. The Morgan fingerprint density at radius 2 is 1.69 bits per heavy atom. The highest BCUT2D eigenvalue weighted by Gasteiger charge is 2.46. The fourth-order valence-electron chi connectivity index (χ4n) is 3.78. The lowest BCUT2D eigenvalue weighted by molar-refractivity contribution is -0.0617. The van der Waals surface area contributed by atoms with Gasteiger partial charge < -0.3 is 5.11 Å². The molecule has 2 saturated carbocycles. The minimum Gasteiger partial charge on any atom is -0.389 e. The minimum atomic E-state index is -0.683. The molecule has 16 heavy (non-hydrogen) atoms. The number of hydrogen-bond acceptors (Lipinski definition) is 2. The summed E-state index contributed by atoms with van der Waals surface area (Å²) in [4.78, 5) is 0. The summed E-state index contributed by atoms with van der Waals surface area (Å²) in [6.45, 7) is 2.01. The fraction of sp³-hybridized carbons (Fsp3) is 0.929. The van der Waals surface area contributed by atoms with Crippen molar-refractivity contribution >= 4 is 0 Å². The fourth-order valence-corrected chi connectivity index (χ4v) is 3.78. The molecule has 0 radical (unpaired) electrons. The molecule has 0 heterocycles. The van der Waals surface area contributed by atoms with E-state index in [2.05, 4.69) is 6.07 Å². The van der Waals surface area contributed by atoms with Crippen LogP contribution in [0.3, 0.4) is 0 Å². The van der Waals surface area contributed by atoms with Crippen LogP contribution in [0.25, 0.3) is 0 Å². The van der Waals surface area contributed by atoms with E-state index in [1.54, 1.807) is 0 Å². The van der Waals surface area contributed by atoms with Crippen LogP contribution in [0.15, 0.2) is 0 Å². The third kappa shape index (κ3) is 1.98. The summed E-state index contributed by atoms with van der Waals surface area (Å²) in [6, 6.07) is 2.29. The standard InChI is InChI=1S/C14H23NO/c1-2-12(11-15)14(16)9-7-13(8-10-14)5-3-4-6-13/h12,16H,2-10H2,1H3. The zero-order valence-corrected chi connectivity index (χ0v) is 10.3. The quantitative estimate of drug-likeness (QED) is 0.776. The molecule has 1 spiro atoms. The maximum Gasteiger partial charge on any atom is 0.0805 e. The van der Waals surface area contributed by atoms with Crippen molar-refractivity contribution in [1.29, 1.82) is 5.26 Å². The SMILES string of the molecule is CCC(C#N)C1(O)CCC2(CCCC2)CC1. The van der Waals surface area contributed by atoms with Crippen LogP contribution in [0.5, 0.6) is 0 Å². The van der Waals surface area contributed by atoms with Crippen molar-refractivity contribution in [3.05, 3.63) is 0 Å². The van der Waals surface area contributed by atoms with Gasteiger partial charge in [0.25, 0.3) is 0 Å². The van der Waals surface area contributed by atoms with Crippen LogP contribution in [-0.4, -0.2) is 10.7 Å². The first-order chi connectivity index (χ1) is 7.64. The van der Waals surface area contributed by atoms with Crippen molar-refractivity contribution in [3.63, 3.8) is 0 Å². The van der Waals surface area contributed by atoms with Gasteiger partial charge in [0.2, 0.25) is 0 Å². The highest BCUT2D eigenvalue weighted by molar-refractivity contribution is 5.03. The molecular formula is C14H23NO. The van der Waals surface area contributed by atoms with Crippen molar-refractivity contribution in [2.45, 2.75) is 70.3 Å². The molecule has 0 aromatic heterocycles. The monoisotopic (exact) mass is 221 g/mol. The first-order valence-corrected chi connectivity index (χ1v) is 6.76. The normalized spacial score (nSPS) is 28.8. The Kier molecular flexibility index (Phi) is 3.26. The van der Waals surface area contributed by atoms with Gasteiger partial charge in [-0.2, -0.15) is 5.26 Å². The van der Waals surface area contributed by atoms with Gasteiger partial charge in [-0.1, -0.05) is 19.8 Å². The molecule has 1 atom stereocenters. The summed E-state index contributed by atoms with van der Waals surface area (Å²) >= 11 is 0. The third-order valence-electron chi connectivity index (χ3n) is 5.05. The zero-order valence-electron chi connectivity index (χ0n) is 10.3. The van der Waals surface area contributed by atoms with Crippen molar-refractivity contribution in [1.82, 2.24) is 0 Å². The first-order valence-electron chi connectivity index (χ1n) is 6.76. The third-order valence-corrected chi connectivity index (χ3v) is 5.05. The number of nitrogens with zero attached hydrogens (tertiary/aromatic N) is 1. The molecule has 0 aliphatic heterocycles. The summed E-state index contributed by atoms with van der Waals surface area (Å²) in [5.41, 5.74) is -0.142. The molecule has 0 aromatic rings. The van der Waals surface area contributed by atoms with Gasteiger partial charge in [0.05, 0.1) is 17.6 Å². The highest BCUT2D eigenvalue weighted by Crippen LogP contribution is 2.52. The van der Waals surface area contributed by atoms with Crippen LogP contribution in [-0.2, 0) is 0 Å². The van der Waals surface area contributed by atoms with E-state index in [1.165, 1.54) is 25.7 Å². The van der Waals surface area contributed by atoms with E-state index in [4.69, 9.17) is 5.26 Å². The molecule has 2 nitrogen and oxygen atoms in total. The lowest BCUT2D eigenvalue weighted by Crippen LogP contribution is -2.43. The molecular weight excluding hydrogens is 198 g/mol. The van der Waals surface area contributed by atoms with Crippen LogP contribution in [0.4, 0.5) is 0 Å². The Balaban J connectivity index is 2.00. The van der Waals surface area contributed by atoms with Crippen molar-refractivity contribution < 1.29 is 5.11 Å². The van der Waals surface area contributed by atoms with Gasteiger partial charge in [-0.25, -0.2) is 0 Å². The van der Waals surface area contributed by atoms with Gasteiger partial charge in [0.1, 0.15) is 0 Å². The van der Waals surface area contributed by atoms with E-state index in [1.807, 2.05) is 6.92 Å². The van der Waals surface area contributed by atoms with E-state index in [0.29, 0.717) is 5.41 Å². The number of rotatable bonds is 2. The van der Waals surface area contributed by atoms with E-state index in [0.717, 1.165) is 32.1 Å². The number of hydrogen-bond donors (Lipinski definition) is 1. The smallest absolute Gasteiger partial charge is 0.0805 e. The topological polar surface area (TPSA) is 44.0 Å². The predicted octanol–water partition coefficient (Wildman–Crippen LogP) is 3.40. The van der Waals surface area contributed by atoms with Crippen LogP contribution < -0.4 is 0 Å². The van der Waals surface area contributed by atoms with Crippen molar-refractivity contribution in [3.8, 4) is 6.07 Å². The van der Waals surface area contributed by atoms with Gasteiger partial charge >= 0.3 is 0 Å². The number of nitriles is 1. The van der Waals surface area contributed by atoms with Crippen LogP contribution in [0.1, 0.15) is 64.7 Å². The van der Waals surface area contributed by atoms with E-state index >= 15 is 0 Å². The molecule has 2 aliphatic carbocycles. The second-order valence-corrected chi connectivity index (χ2v) is 5.90. The van der Waals surface area contributed by atoms with Crippen LogP contribution in [0, 0.1) is 22.7 Å². The molecule has 2 rings (SSSR count). The average Bonchev–Trinajstić information content (AvgIpc) is 2.74. The molecule has 0 saturated heterocycles. The zero-order chi connectivity index (χ0) is 11.6. The summed E-state index contributed by atoms with van der Waals surface area (Å²) < 4.78 is 0. The first kappa shape index (κ1) is 11.9. The lowest BCUT2D eigenvalue weighted by Gasteiger charge is -2.44. The van der Waals surface area contributed by atoms with Gasteiger partial charge in [-0.05, 0) is 50.4 Å². The minimum absolute atomic E-state index is 0.161. The second kappa shape index (κ2) is 4.37. The van der Waals surface area contributed by atoms with Crippen molar-refractivity contribution in [2.24, 2.45) is 11.3 Å². The molecule has 2 aliphatic rings. The Bertz CT molecular complexity index is 276. The Hall–Kier alpha value is -0.550. The van der Waals surface area contributed by atoms with E-state index in [-0.39, 0.29) is 5.92 Å². The average molecular weight is 221 g/mol. The molecule has 1 unspecified atom stereocenters. The molecule has 2 heteroatoms. The Labute approximate surface area is 98.7 Å². The summed E-state index contributed by atoms with van der Waals surface area (Å²) in [7, 11) is 0. The van der Waals surface area contributed by atoms with Crippen molar-refractivity contribution in [2.75, 3.05) is 0 Å². The number of aliphatic hydroxyl groups is 1. The summed E-state index contributed by atoms with van der Waals surface area (Å²) in [6.07, 6.45) is 10.2. The molecule has 0 aromatic carbocycles. The summed E-state index contributed by atoms with van der Waals surface area (Å²) in [5.74, 6) is -0.161. The van der Waals surface area contributed by atoms with Gasteiger partial charge in [0, 0.05) is 0 Å². The Morgan fingerprint density at radius 3 is 2.12 bits per heavy atom. The maximum absolute atomic E-state index is 10.6. The van der Waals surface area contributed by atoms with Crippen LogP contribution in [0.2, 0.25) is 0 Å². The Morgan fingerprint density at radius 1 is 1.12 bits per heavy atom. The van der Waals surface area contributed by atoms with Crippen LogP contribution >= 0.6 is 0 Å². The largest absolute Gasteiger partial charge is 0.389 e. The molecule has 0 amide bonds. The van der Waals surface area contributed by atoms with Gasteiger partial charge in [0.15, 0.2) is 0 Å². The maximum atomic E-state index is 10.6. The van der Waals surface area contributed by atoms with E-state index < -0.39 is 5.60 Å². The highest BCUT2D eigenvalue weighted by atomic mass is 16.3. The molecule has 0 bridgehead atoms. The lowest BCUT2D eigenvalue weighted by atomic mass is 9.64. The molecule has 2 fully saturated rings. The molecule has 90 valence electrons. The van der Waals surface area contributed by atoms with Gasteiger partial charge in [-0.15, -0.1) is 0 Å². The van der Waals surface area contributed by atoms with E-state index in [9.17, 15) is 5.11 Å². The van der Waals surface area contributed by atoms with Gasteiger partial charge in [-0.3, -0.25) is 0 Å². The predicted molar refractivity (Wildman–Crippen MR) is 63.7 cm³/mol.